The molecule has 17 heavy (non-hydrogen) atoms. The Kier molecular flexibility index (Phi) is 5.75. The van der Waals surface area contributed by atoms with Crippen LogP contribution in [0.4, 0.5) is 0 Å². The van der Waals surface area contributed by atoms with Crippen molar-refractivity contribution in [1.29, 1.82) is 0 Å². The largest absolute Gasteiger partial charge is 0.343 e. The van der Waals surface area contributed by atoms with Gasteiger partial charge in [0.05, 0.1) is 0 Å². The molecule has 0 saturated heterocycles. The number of nitrogens with zero attached hydrogens (tertiary/aromatic N) is 1. The van der Waals surface area contributed by atoms with Gasteiger partial charge in [-0.3, -0.25) is 4.79 Å². The Balaban J connectivity index is 2.44. The molecular formula is C15H23NO. The van der Waals surface area contributed by atoms with Crippen LogP contribution in [0.5, 0.6) is 0 Å². The van der Waals surface area contributed by atoms with Crippen LogP contribution in [-0.2, 0) is 11.2 Å². The summed E-state index contributed by atoms with van der Waals surface area (Å²) in [6.45, 7) is 7.72. The number of rotatable bonds is 6. The Morgan fingerprint density at radius 1 is 1.18 bits per heavy atom. The van der Waals surface area contributed by atoms with Crippen LogP contribution < -0.4 is 0 Å². The number of aryl methyl sites for hydroxylation is 1. The Morgan fingerprint density at radius 3 is 2.29 bits per heavy atom. The van der Waals surface area contributed by atoms with Crippen molar-refractivity contribution < 1.29 is 4.79 Å². The van der Waals surface area contributed by atoms with Gasteiger partial charge in [-0.25, -0.2) is 0 Å². The van der Waals surface area contributed by atoms with E-state index in [2.05, 4.69) is 12.1 Å². The first kappa shape index (κ1) is 13.8. The minimum Gasteiger partial charge on any atom is -0.343 e. The Labute approximate surface area is 105 Å². The summed E-state index contributed by atoms with van der Waals surface area (Å²) in [5, 5.41) is 0. The predicted octanol–water partition coefficient (Wildman–Crippen LogP) is 3.12. The minimum absolute atomic E-state index is 0.120. The first-order chi connectivity index (χ1) is 8.19. The highest BCUT2D eigenvalue weighted by molar-refractivity contribution is 5.78. The predicted molar refractivity (Wildman–Crippen MR) is 71.9 cm³/mol. The average Bonchev–Trinajstić information content (AvgIpc) is 2.38. The van der Waals surface area contributed by atoms with Gasteiger partial charge in [-0.15, -0.1) is 0 Å². The molecule has 0 radical (unpaired) electrons. The van der Waals surface area contributed by atoms with Crippen LogP contribution >= 0.6 is 0 Å². The van der Waals surface area contributed by atoms with E-state index in [-0.39, 0.29) is 11.8 Å². The molecule has 1 aromatic carbocycles. The second-order valence-electron chi connectivity index (χ2n) is 4.44. The molecule has 0 aliphatic carbocycles. The van der Waals surface area contributed by atoms with Crippen molar-refractivity contribution in [1.82, 2.24) is 4.90 Å². The van der Waals surface area contributed by atoms with Crippen molar-refractivity contribution in [3.8, 4) is 0 Å². The monoisotopic (exact) mass is 233 g/mol. The molecule has 0 saturated carbocycles. The minimum atomic E-state index is 0.120. The molecule has 0 heterocycles. The summed E-state index contributed by atoms with van der Waals surface area (Å²) in [5.41, 5.74) is 1.31. The van der Waals surface area contributed by atoms with Crippen molar-refractivity contribution >= 4 is 5.91 Å². The summed E-state index contributed by atoms with van der Waals surface area (Å²) in [5.74, 6) is 0.404. The van der Waals surface area contributed by atoms with E-state index in [1.165, 1.54) is 5.56 Å². The highest BCUT2D eigenvalue weighted by atomic mass is 16.2. The molecule has 0 bridgehead atoms. The molecule has 1 aromatic rings. The van der Waals surface area contributed by atoms with Crippen molar-refractivity contribution in [3.63, 3.8) is 0 Å². The molecule has 0 aliphatic heterocycles. The van der Waals surface area contributed by atoms with E-state index in [0.717, 1.165) is 25.9 Å². The van der Waals surface area contributed by atoms with Gasteiger partial charge in [-0.05, 0) is 32.3 Å². The summed E-state index contributed by atoms with van der Waals surface area (Å²) in [7, 11) is 0. The zero-order valence-electron chi connectivity index (χ0n) is 11.1. The lowest BCUT2D eigenvalue weighted by atomic mass is 10.00. The lowest BCUT2D eigenvalue weighted by Crippen LogP contribution is -2.35. The highest BCUT2D eigenvalue weighted by Crippen LogP contribution is 2.12. The summed E-state index contributed by atoms with van der Waals surface area (Å²) >= 11 is 0. The van der Waals surface area contributed by atoms with Gasteiger partial charge in [0.25, 0.3) is 0 Å². The molecule has 2 nitrogen and oxygen atoms in total. The topological polar surface area (TPSA) is 20.3 Å². The fourth-order valence-electron chi connectivity index (χ4n) is 2.00. The SMILES string of the molecule is CCN(CC)C(=O)C(C)CCc1ccccc1. The van der Waals surface area contributed by atoms with Crippen molar-refractivity contribution in [2.75, 3.05) is 13.1 Å². The summed E-state index contributed by atoms with van der Waals surface area (Å²) in [6.07, 6.45) is 1.91. The van der Waals surface area contributed by atoms with E-state index in [1.54, 1.807) is 0 Å². The second-order valence-corrected chi connectivity index (χ2v) is 4.44. The van der Waals surface area contributed by atoms with Gasteiger partial charge >= 0.3 is 0 Å². The van der Waals surface area contributed by atoms with Gasteiger partial charge < -0.3 is 4.90 Å². The smallest absolute Gasteiger partial charge is 0.225 e. The van der Waals surface area contributed by atoms with Gasteiger partial charge in [-0.2, -0.15) is 0 Å². The van der Waals surface area contributed by atoms with Crippen LogP contribution in [0.15, 0.2) is 30.3 Å². The lowest BCUT2D eigenvalue weighted by molar-refractivity contribution is -0.134. The summed E-state index contributed by atoms with van der Waals surface area (Å²) in [4.78, 5) is 14.0. The maximum atomic E-state index is 12.1. The molecule has 0 fully saturated rings. The average molecular weight is 233 g/mol. The van der Waals surface area contributed by atoms with Gasteiger partial charge in [0.2, 0.25) is 5.91 Å². The van der Waals surface area contributed by atoms with E-state index in [0.29, 0.717) is 0 Å². The molecule has 1 amide bonds. The maximum Gasteiger partial charge on any atom is 0.225 e. The third-order valence-corrected chi connectivity index (χ3v) is 3.21. The van der Waals surface area contributed by atoms with Crippen LogP contribution in [0.2, 0.25) is 0 Å². The van der Waals surface area contributed by atoms with E-state index >= 15 is 0 Å². The van der Waals surface area contributed by atoms with Crippen LogP contribution in [-0.4, -0.2) is 23.9 Å². The number of carbonyl (C=O) groups excluding carboxylic acids is 1. The molecule has 94 valence electrons. The number of carbonyl (C=O) groups is 1. The Morgan fingerprint density at radius 2 is 1.76 bits per heavy atom. The van der Waals surface area contributed by atoms with Gasteiger partial charge in [-0.1, -0.05) is 37.3 Å². The fraction of sp³-hybridized carbons (Fsp3) is 0.533. The Hall–Kier alpha value is -1.31. The van der Waals surface area contributed by atoms with Crippen molar-refractivity contribution in [3.05, 3.63) is 35.9 Å². The quantitative estimate of drug-likeness (QED) is 0.739. The van der Waals surface area contributed by atoms with E-state index < -0.39 is 0 Å². The zero-order valence-corrected chi connectivity index (χ0v) is 11.1. The first-order valence-corrected chi connectivity index (χ1v) is 6.51. The van der Waals surface area contributed by atoms with Gasteiger partial charge in [0.1, 0.15) is 0 Å². The molecule has 0 spiro atoms. The maximum absolute atomic E-state index is 12.1. The standard InChI is InChI=1S/C15H23NO/c1-4-16(5-2)15(17)13(3)11-12-14-9-7-6-8-10-14/h6-10,13H,4-5,11-12H2,1-3H3. The number of hydrogen-bond donors (Lipinski definition) is 0. The first-order valence-electron chi connectivity index (χ1n) is 6.51. The highest BCUT2D eigenvalue weighted by Gasteiger charge is 2.17. The van der Waals surface area contributed by atoms with E-state index in [4.69, 9.17) is 0 Å². The zero-order chi connectivity index (χ0) is 12.7. The van der Waals surface area contributed by atoms with Gasteiger partial charge in [0, 0.05) is 19.0 Å². The lowest BCUT2D eigenvalue weighted by Gasteiger charge is -2.22. The van der Waals surface area contributed by atoms with Gasteiger partial charge in [0.15, 0.2) is 0 Å². The molecular weight excluding hydrogens is 210 g/mol. The molecule has 1 atom stereocenters. The van der Waals surface area contributed by atoms with Crippen LogP contribution in [0.25, 0.3) is 0 Å². The molecule has 2 heteroatoms. The Bertz CT molecular complexity index is 330. The summed E-state index contributed by atoms with van der Waals surface area (Å²) in [6, 6.07) is 10.4. The number of hydrogen-bond acceptors (Lipinski definition) is 1. The number of benzene rings is 1. The molecule has 1 rings (SSSR count). The molecule has 0 aromatic heterocycles. The van der Waals surface area contributed by atoms with E-state index in [1.807, 2.05) is 43.9 Å². The van der Waals surface area contributed by atoms with Crippen molar-refractivity contribution in [2.45, 2.75) is 33.6 Å². The molecule has 0 N–H and O–H groups in total. The molecule has 0 aliphatic rings. The van der Waals surface area contributed by atoms with Crippen molar-refractivity contribution in [2.24, 2.45) is 5.92 Å². The molecule has 1 unspecified atom stereocenters. The fourth-order valence-corrected chi connectivity index (χ4v) is 2.00. The van der Waals surface area contributed by atoms with Crippen LogP contribution in [0, 0.1) is 5.92 Å². The normalized spacial score (nSPS) is 12.2. The third kappa shape index (κ3) is 4.22. The number of amides is 1. The third-order valence-electron chi connectivity index (χ3n) is 3.21. The van der Waals surface area contributed by atoms with E-state index in [9.17, 15) is 4.79 Å². The van der Waals surface area contributed by atoms with Crippen LogP contribution in [0.1, 0.15) is 32.8 Å². The van der Waals surface area contributed by atoms with Crippen LogP contribution in [0.3, 0.4) is 0 Å². The summed E-state index contributed by atoms with van der Waals surface area (Å²) < 4.78 is 0. The second kappa shape index (κ2) is 7.10.